The first-order valence-electron chi connectivity index (χ1n) is 4.39. The number of nitrogens with two attached hydrogens (primary N) is 1. The number of rotatable bonds is 3. The molecule has 0 fully saturated rings. The Morgan fingerprint density at radius 2 is 2.43 bits per heavy atom. The molecule has 5 nitrogen and oxygen atoms in total. The molecule has 0 amide bonds. The Balaban J connectivity index is 2.26. The molecule has 74 valence electrons. The summed E-state index contributed by atoms with van der Waals surface area (Å²) in [5, 5.41) is 3.79. The molecule has 1 unspecified atom stereocenters. The Morgan fingerprint density at radius 3 is 3.07 bits per heavy atom. The van der Waals surface area contributed by atoms with E-state index in [0.717, 1.165) is 0 Å². The van der Waals surface area contributed by atoms with Gasteiger partial charge in [-0.15, -0.1) is 0 Å². The van der Waals surface area contributed by atoms with Crippen molar-refractivity contribution in [3.8, 4) is 11.6 Å². The number of hydrogen-bond acceptors (Lipinski definition) is 5. The van der Waals surface area contributed by atoms with E-state index in [4.69, 9.17) is 14.7 Å². The standard InChI is InChI=1S/C9H11N3O2/c1-6(5-10)9-11-8(12-14-9)7-3-2-4-13-7/h2-4,6H,5,10H2,1H3. The summed E-state index contributed by atoms with van der Waals surface area (Å²) >= 11 is 0. The van der Waals surface area contributed by atoms with E-state index in [-0.39, 0.29) is 5.92 Å². The van der Waals surface area contributed by atoms with Crippen molar-refractivity contribution in [3.63, 3.8) is 0 Å². The Labute approximate surface area is 80.9 Å². The average Bonchev–Trinajstić information content (AvgIpc) is 2.86. The van der Waals surface area contributed by atoms with Crippen LogP contribution < -0.4 is 5.73 Å². The second-order valence-corrected chi connectivity index (χ2v) is 3.07. The molecule has 2 rings (SSSR count). The van der Waals surface area contributed by atoms with Crippen LogP contribution in [0.15, 0.2) is 27.3 Å². The van der Waals surface area contributed by atoms with Crippen molar-refractivity contribution >= 4 is 0 Å². The third kappa shape index (κ3) is 1.54. The summed E-state index contributed by atoms with van der Waals surface area (Å²) in [5.41, 5.74) is 5.48. The van der Waals surface area contributed by atoms with Gasteiger partial charge in [0.15, 0.2) is 5.76 Å². The Kier molecular flexibility index (Phi) is 2.32. The molecule has 0 spiro atoms. The van der Waals surface area contributed by atoms with Crippen LogP contribution in [0.2, 0.25) is 0 Å². The minimum atomic E-state index is 0.0752. The molecule has 0 bridgehead atoms. The topological polar surface area (TPSA) is 78.1 Å². The zero-order valence-electron chi connectivity index (χ0n) is 7.80. The van der Waals surface area contributed by atoms with Crippen LogP contribution in [0.4, 0.5) is 0 Å². The quantitative estimate of drug-likeness (QED) is 0.796. The van der Waals surface area contributed by atoms with Gasteiger partial charge in [-0.1, -0.05) is 12.1 Å². The highest BCUT2D eigenvalue weighted by Crippen LogP contribution is 2.18. The first-order chi connectivity index (χ1) is 6.81. The van der Waals surface area contributed by atoms with E-state index in [1.54, 1.807) is 18.4 Å². The van der Waals surface area contributed by atoms with Gasteiger partial charge in [-0.2, -0.15) is 4.98 Å². The molecular weight excluding hydrogens is 182 g/mol. The van der Waals surface area contributed by atoms with Crippen LogP contribution in [0.3, 0.4) is 0 Å². The van der Waals surface area contributed by atoms with Crippen molar-refractivity contribution in [3.05, 3.63) is 24.3 Å². The number of furan rings is 1. The molecule has 0 aliphatic rings. The second kappa shape index (κ2) is 3.63. The maximum atomic E-state index is 5.48. The molecule has 0 aliphatic carbocycles. The first-order valence-corrected chi connectivity index (χ1v) is 4.39. The zero-order valence-corrected chi connectivity index (χ0v) is 7.80. The molecule has 14 heavy (non-hydrogen) atoms. The minimum Gasteiger partial charge on any atom is -0.461 e. The van der Waals surface area contributed by atoms with Gasteiger partial charge in [0.1, 0.15) is 0 Å². The van der Waals surface area contributed by atoms with Crippen molar-refractivity contribution in [1.29, 1.82) is 0 Å². The molecule has 2 N–H and O–H groups in total. The molecule has 0 radical (unpaired) electrons. The first kappa shape index (κ1) is 8.96. The number of aromatic nitrogens is 2. The third-order valence-electron chi connectivity index (χ3n) is 1.96. The Morgan fingerprint density at radius 1 is 1.57 bits per heavy atom. The van der Waals surface area contributed by atoms with Crippen molar-refractivity contribution in [2.75, 3.05) is 6.54 Å². The van der Waals surface area contributed by atoms with E-state index in [1.807, 2.05) is 6.92 Å². The lowest BCUT2D eigenvalue weighted by Crippen LogP contribution is -2.08. The SMILES string of the molecule is CC(CN)c1nc(-c2ccco2)no1. The molecule has 2 aromatic rings. The summed E-state index contributed by atoms with van der Waals surface area (Å²) in [5.74, 6) is 1.68. The molecule has 2 heterocycles. The molecular formula is C9H11N3O2. The predicted octanol–water partition coefficient (Wildman–Crippen LogP) is 1.39. The Bertz CT molecular complexity index is 394. The number of nitrogens with zero attached hydrogens (tertiary/aromatic N) is 2. The van der Waals surface area contributed by atoms with Crippen molar-refractivity contribution in [2.45, 2.75) is 12.8 Å². The van der Waals surface area contributed by atoms with Crippen molar-refractivity contribution in [1.82, 2.24) is 10.1 Å². The van der Waals surface area contributed by atoms with Crippen molar-refractivity contribution < 1.29 is 8.94 Å². The summed E-state index contributed by atoms with van der Waals surface area (Å²) in [6.07, 6.45) is 1.57. The lowest BCUT2D eigenvalue weighted by molar-refractivity contribution is 0.360. The molecule has 0 aromatic carbocycles. The largest absolute Gasteiger partial charge is 0.461 e. The summed E-state index contributed by atoms with van der Waals surface area (Å²) in [7, 11) is 0. The van der Waals surface area contributed by atoms with Crippen molar-refractivity contribution in [2.24, 2.45) is 5.73 Å². The van der Waals surface area contributed by atoms with Crippen LogP contribution >= 0.6 is 0 Å². The van der Waals surface area contributed by atoms with Crippen LogP contribution in [0.1, 0.15) is 18.7 Å². The maximum absolute atomic E-state index is 5.48. The van der Waals surface area contributed by atoms with E-state index in [1.165, 1.54) is 0 Å². The van der Waals surface area contributed by atoms with Gasteiger partial charge in [-0.05, 0) is 12.1 Å². The van der Waals surface area contributed by atoms with E-state index >= 15 is 0 Å². The van der Waals surface area contributed by atoms with Gasteiger partial charge in [-0.25, -0.2) is 0 Å². The minimum absolute atomic E-state index is 0.0752. The molecule has 0 aliphatic heterocycles. The van der Waals surface area contributed by atoms with Gasteiger partial charge < -0.3 is 14.7 Å². The van der Waals surface area contributed by atoms with Crippen LogP contribution in [0.5, 0.6) is 0 Å². The van der Waals surface area contributed by atoms with E-state index < -0.39 is 0 Å². The molecule has 1 atom stereocenters. The van der Waals surface area contributed by atoms with E-state index in [9.17, 15) is 0 Å². The normalized spacial score (nSPS) is 13.0. The second-order valence-electron chi connectivity index (χ2n) is 3.07. The smallest absolute Gasteiger partial charge is 0.238 e. The fraction of sp³-hybridized carbons (Fsp3) is 0.333. The fourth-order valence-electron chi connectivity index (χ4n) is 1.04. The van der Waals surface area contributed by atoms with E-state index in [2.05, 4.69) is 10.1 Å². The van der Waals surface area contributed by atoms with Crippen LogP contribution in [0.25, 0.3) is 11.6 Å². The van der Waals surface area contributed by atoms with Gasteiger partial charge in [0.25, 0.3) is 0 Å². The van der Waals surface area contributed by atoms with E-state index in [0.29, 0.717) is 24.0 Å². The highest BCUT2D eigenvalue weighted by Gasteiger charge is 2.14. The fourth-order valence-corrected chi connectivity index (χ4v) is 1.04. The highest BCUT2D eigenvalue weighted by molar-refractivity contribution is 5.44. The highest BCUT2D eigenvalue weighted by atomic mass is 16.5. The predicted molar refractivity (Wildman–Crippen MR) is 49.5 cm³/mol. The average molecular weight is 193 g/mol. The summed E-state index contributed by atoms with van der Waals surface area (Å²) in [6, 6.07) is 3.56. The molecule has 0 saturated heterocycles. The number of hydrogen-bond donors (Lipinski definition) is 1. The zero-order chi connectivity index (χ0) is 9.97. The molecule has 2 aromatic heterocycles. The molecule has 5 heteroatoms. The van der Waals surface area contributed by atoms with Crippen LogP contribution in [0, 0.1) is 0 Å². The summed E-state index contributed by atoms with van der Waals surface area (Å²) in [4.78, 5) is 4.17. The van der Waals surface area contributed by atoms with Gasteiger partial charge in [0.2, 0.25) is 11.7 Å². The maximum Gasteiger partial charge on any atom is 0.238 e. The van der Waals surface area contributed by atoms with Gasteiger partial charge in [0, 0.05) is 12.5 Å². The summed E-state index contributed by atoms with van der Waals surface area (Å²) in [6.45, 7) is 2.42. The van der Waals surface area contributed by atoms with Crippen LogP contribution in [-0.4, -0.2) is 16.7 Å². The molecule has 0 saturated carbocycles. The lowest BCUT2D eigenvalue weighted by Gasteiger charge is -1.98. The van der Waals surface area contributed by atoms with Crippen LogP contribution in [-0.2, 0) is 0 Å². The van der Waals surface area contributed by atoms with Gasteiger partial charge in [0.05, 0.1) is 6.26 Å². The lowest BCUT2D eigenvalue weighted by atomic mass is 10.2. The monoisotopic (exact) mass is 193 g/mol. The Hall–Kier alpha value is -1.62. The third-order valence-corrected chi connectivity index (χ3v) is 1.96. The van der Waals surface area contributed by atoms with Gasteiger partial charge >= 0.3 is 0 Å². The van der Waals surface area contributed by atoms with Gasteiger partial charge in [-0.3, -0.25) is 0 Å². The summed E-state index contributed by atoms with van der Waals surface area (Å²) < 4.78 is 10.2.